The molecule has 36 heavy (non-hydrogen) atoms. The lowest BCUT2D eigenvalue weighted by Gasteiger charge is -2.39. The average molecular weight is 507 g/mol. The van der Waals surface area contributed by atoms with Crippen molar-refractivity contribution in [3.05, 3.63) is 35.7 Å². The Hall–Kier alpha value is -1.65. The van der Waals surface area contributed by atoms with E-state index in [0.717, 1.165) is 30.7 Å². The van der Waals surface area contributed by atoms with Gasteiger partial charge < -0.3 is 9.47 Å². The number of hydrogen-bond acceptors (Lipinski definition) is 2. The van der Waals surface area contributed by atoms with E-state index >= 15 is 8.78 Å². The molecule has 3 aliphatic carbocycles. The Morgan fingerprint density at radius 2 is 1.33 bits per heavy atom. The second kappa shape index (κ2) is 12.3. The van der Waals surface area contributed by atoms with Crippen molar-refractivity contribution in [2.24, 2.45) is 35.5 Å². The summed E-state index contributed by atoms with van der Waals surface area (Å²) >= 11 is 0. The minimum absolute atomic E-state index is 0.0695. The maximum Gasteiger partial charge on any atom is 0.400 e. The van der Waals surface area contributed by atoms with Gasteiger partial charge in [-0.2, -0.15) is 8.78 Å². The van der Waals surface area contributed by atoms with Crippen molar-refractivity contribution in [3.8, 4) is 11.5 Å². The average Bonchev–Trinajstić information content (AvgIpc) is 2.87. The summed E-state index contributed by atoms with van der Waals surface area (Å²) < 4.78 is 54.7. The van der Waals surface area contributed by atoms with Crippen LogP contribution >= 0.6 is 0 Å². The Morgan fingerprint density at radius 3 is 1.89 bits per heavy atom. The van der Waals surface area contributed by atoms with Crippen LogP contribution in [0.5, 0.6) is 11.5 Å². The van der Waals surface area contributed by atoms with Crippen molar-refractivity contribution >= 4 is 0 Å². The highest BCUT2D eigenvalue weighted by Gasteiger charge is 2.45. The summed E-state index contributed by atoms with van der Waals surface area (Å²) in [7, 11) is 0. The number of alkyl halides is 2. The number of rotatable bonds is 8. The third-order valence-corrected chi connectivity index (χ3v) is 9.22. The van der Waals surface area contributed by atoms with Gasteiger partial charge in [0.05, 0.1) is 12.5 Å². The molecule has 0 aliphatic heterocycles. The van der Waals surface area contributed by atoms with Crippen LogP contribution in [0.2, 0.25) is 0 Å². The van der Waals surface area contributed by atoms with Gasteiger partial charge in [0, 0.05) is 6.07 Å². The van der Waals surface area contributed by atoms with E-state index in [9.17, 15) is 4.39 Å². The minimum Gasteiger partial charge on any atom is -0.491 e. The molecule has 3 saturated carbocycles. The van der Waals surface area contributed by atoms with Gasteiger partial charge in [-0.3, -0.25) is 0 Å². The first-order chi connectivity index (χ1) is 17.2. The van der Waals surface area contributed by atoms with E-state index in [1.165, 1.54) is 57.4 Å². The molecule has 0 bridgehead atoms. The molecule has 0 radical (unpaired) electrons. The van der Waals surface area contributed by atoms with Gasteiger partial charge in [0.25, 0.3) is 0 Å². The van der Waals surface area contributed by atoms with Gasteiger partial charge in [-0.05, 0) is 119 Å². The van der Waals surface area contributed by atoms with Crippen LogP contribution < -0.4 is 9.47 Å². The van der Waals surface area contributed by atoms with Crippen LogP contribution in [0.15, 0.2) is 24.3 Å². The first kappa shape index (κ1) is 27.4. The molecule has 202 valence electrons. The summed E-state index contributed by atoms with van der Waals surface area (Å²) in [5.74, 6) is 2.07. The topological polar surface area (TPSA) is 18.5 Å². The Kier molecular flexibility index (Phi) is 9.33. The molecule has 0 aromatic heterocycles. The van der Waals surface area contributed by atoms with Gasteiger partial charge in [0.2, 0.25) is 0 Å². The molecule has 3 aliphatic rings. The molecule has 0 saturated heterocycles. The van der Waals surface area contributed by atoms with E-state index in [0.29, 0.717) is 42.8 Å². The summed E-state index contributed by atoms with van der Waals surface area (Å²) in [5, 5.41) is 0. The van der Waals surface area contributed by atoms with Crippen molar-refractivity contribution in [2.45, 2.75) is 104 Å². The van der Waals surface area contributed by atoms with Gasteiger partial charge in [0.15, 0.2) is 11.6 Å². The molecule has 0 unspecified atom stereocenters. The van der Waals surface area contributed by atoms with Crippen LogP contribution in [0.3, 0.4) is 0 Å². The zero-order valence-electron chi connectivity index (χ0n) is 22.4. The molecule has 0 spiro atoms. The number of halogens is 3. The van der Waals surface area contributed by atoms with Crippen LogP contribution in [0.25, 0.3) is 0 Å². The molecular weight excluding hydrogens is 461 g/mol. The zero-order chi connectivity index (χ0) is 25.7. The molecule has 3 fully saturated rings. The predicted octanol–water partition coefficient (Wildman–Crippen LogP) is 9.50. The van der Waals surface area contributed by atoms with E-state index in [4.69, 9.17) is 9.47 Å². The highest BCUT2D eigenvalue weighted by Crippen LogP contribution is 2.46. The van der Waals surface area contributed by atoms with Crippen LogP contribution in [-0.4, -0.2) is 12.7 Å². The first-order valence-corrected chi connectivity index (χ1v) is 14.4. The lowest BCUT2D eigenvalue weighted by atomic mass is 9.69. The Bertz CT molecular complexity index is 859. The maximum atomic E-state index is 15.1. The van der Waals surface area contributed by atoms with Gasteiger partial charge in [-0.1, -0.05) is 31.9 Å². The predicted molar refractivity (Wildman–Crippen MR) is 139 cm³/mol. The maximum absolute atomic E-state index is 15.1. The van der Waals surface area contributed by atoms with Crippen molar-refractivity contribution in [2.75, 3.05) is 6.61 Å². The molecule has 1 aromatic carbocycles. The molecule has 5 heteroatoms. The standard InChI is InChI=1S/C31H45F3O2/c1-4-35-30-19-22(3)29(20-28(30)32)36-31(33,34)27-17-15-26(16-18-27)25-13-11-24(12-14-25)10-9-23-7-5-21(2)6-8-23/h9-10,19-21,23-27H,4-8,11-18H2,1-3H3. The Morgan fingerprint density at radius 1 is 0.806 bits per heavy atom. The molecule has 4 rings (SSSR count). The van der Waals surface area contributed by atoms with Gasteiger partial charge in [-0.15, -0.1) is 0 Å². The van der Waals surface area contributed by atoms with Crippen LogP contribution in [0, 0.1) is 48.2 Å². The zero-order valence-corrected chi connectivity index (χ0v) is 22.4. The Labute approximate surface area is 216 Å². The normalized spacial score (nSPS) is 31.9. The fourth-order valence-corrected chi connectivity index (χ4v) is 6.77. The van der Waals surface area contributed by atoms with Crippen molar-refractivity contribution < 1.29 is 22.6 Å². The summed E-state index contributed by atoms with van der Waals surface area (Å²) in [6, 6.07) is 2.46. The molecule has 2 nitrogen and oxygen atoms in total. The fourth-order valence-electron chi connectivity index (χ4n) is 6.77. The molecule has 1 aromatic rings. The highest BCUT2D eigenvalue weighted by atomic mass is 19.3. The van der Waals surface area contributed by atoms with Crippen molar-refractivity contribution in [3.63, 3.8) is 0 Å². The van der Waals surface area contributed by atoms with Crippen molar-refractivity contribution in [1.29, 1.82) is 0 Å². The first-order valence-electron chi connectivity index (χ1n) is 14.4. The minimum atomic E-state index is -3.30. The number of benzene rings is 1. The van der Waals surface area contributed by atoms with E-state index in [1.54, 1.807) is 13.8 Å². The fraction of sp³-hybridized carbons (Fsp3) is 0.742. The van der Waals surface area contributed by atoms with Crippen LogP contribution in [0.1, 0.15) is 96.5 Å². The highest BCUT2D eigenvalue weighted by molar-refractivity contribution is 5.40. The van der Waals surface area contributed by atoms with E-state index < -0.39 is 17.8 Å². The number of ether oxygens (including phenoxy) is 2. The third kappa shape index (κ3) is 7.01. The van der Waals surface area contributed by atoms with E-state index in [2.05, 4.69) is 19.1 Å². The molecule has 0 N–H and O–H groups in total. The number of aryl methyl sites for hydroxylation is 1. The SMILES string of the molecule is CCOc1cc(C)c(OC(F)(F)C2CCC(C3CCC(C=CC4CCC(C)CC4)CC3)CC2)cc1F. The monoisotopic (exact) mass is 506 g/mol. The lowest BCUT2D eigenvalue weighted by molar-refractivity contribution is -0.224. The van der Waals surface area contributed by atoms with Crippen LogP contribution in [0.4, 0.5) is 13.2 Å². The summed E-state index contributed by atoms with van der Waals surface area (Å²) in [6.07, 6.45) is 14.7. The second-order valence-electron chi connectivity index (χ2n) is 11.8. The second-order valence-corrected chi connectivity index (χ2v) is 11.8. The van der Waals surface area contributed by atoms with Crippen LogP contribution in [-0.2, 0) is 0 Å². The van der Waals surface area contributed by atoms with Gasteiger partial charge >= 0.3 is 6.11 Å². The van der Waals surface area contributed by atoms with Gasteiger partial charge in [-0.25, -0.2) is 4.39 Å². The molecule has 0 atom stereocenters. The molecule has 0 heterocycles. The lowest BCUT2D eigenvalue weighted by Crippen LogP contribution is -2.38. The largest absolute Gasteiger partial charge is 0.491 e. The van der Waals surface area contributed by atoms with E-state index in [-0.39, 0.29) is 11.5 Å². The summed E-state index contributed by atoms with van der Waals surface area (Å²) in [5.41, 5.74) is 0.456. The summed E-state index contributed by atoms with van der Waals surface area (Å²) in [4.78, 5) is 0. The Balaban J connectivity index is 1.23. The smallest absolute Gasteiger partial charge is 0.400 e. The third-order valence-electron chi connectivity index (χ3n) is 9.22. The molecular formula is C31H45F3O2. The summed E-state index contributed by atoms with van der Waals surface area (Å²) in [6.45, 7) is 6.08. The molecule has 0 amide bonds. The van der Waals surface area contributed by atoms with Crippen molar-refractivity contribution in [1.82, 2.24) is 0 Å². The number of allylic oxidation sites excluding steroid dienone is 2. The van der Waals surface area contributed by atoms with E-state index in [1.807, 2.05) is 0 Å². The quantitative estimate of drug-likeness (QED) is 0.327. The van der Waals surface area contributed by atoms with Gasteiger partial charge in [0.1, 0.15) is 5.75 Å². The number of hydrogen-bond donors (Lipinski definition) is 0.